The summed E-state index contributed by atoms with van der Waals surface area (Å²) < 4.78 is 0. The molecule has 1 aromatic rings. The fraction of sp³-hybridized carbons (Fsp3) is 0.556. The number of nitrogens with one attached hydrogen (secondary N) is 2. The van der Waals surface area contributed by atoms with E-state index in [0.717, 1.165) is 0 Å². The molecule has 0 aliphatic rings. The second-order valence-electron chi connectivity index (χ2n) is 3.49. The summed E-state index contributed by atoms with van der Waals surface area (Å²) in [6.07, 6.45) is 2.37. The maximum Gasteiger partial charge on any atom is 0.269 e. The highest BCUT2D eigenvalue weighted by Gasteiger charge is 2.12. The molecule has 0 saturated carbocycles. The lowest BCUT2D eigenvalue weighted by Gasteiger charge is -2.14. The smallest absolute Gasteiger partial charge is 0.269 e. The summed E-state index contributed by atoms with van der Waals surface area (Å²) in [5, 5.41) is 12.0. The molecule has 1 atom stereocenters. The number of imidazole rings is 1. The second-order valence-corrected chi connectivity index (χ2v) is 3.49. The number of carbonyl (C=O) groups is 1. The van der Waals surface area contributed by atoms with E-state index in [1.54, 1.807) is 0 Å². The number of amides is 1. The average molecular weight is 197 g/mol. The van der Waals surface area contributed by atoms with Gasteiger partial charge in [-0.25, -0.2) is 4.98 Å². The number of nitrogens with zero attached hydrogens (tertiary/aromatic N) is 1. The summed E-state index contributed by atoms with van der Waals surface area (Å²) in [5.74, 6) is -0.112. The molecule has 1 heterocycles. The number of carbonyl (C=O) groups excluding carboxylic acids is 1. The van der Waals surface area contributed by atoms with Crippen molar-refractivity contribution in [3.63, 3.8) is 0 Å². The van der Waals surface area contributed by atoms with Crippen LogP contribution in [0.25, 0.3) is 0 Å². The predicted molar refractivity (Wildman–Crippen MR) is 51.8 cm³/mol. The Bertz CT molecular complexity index is 282. The highest BCUT2D eigenvalue weighted by atomic mass is 16.3. The van der Waals surface area contributed by atoms with Gasteiger partial charge in [-0.15, -0.1) is 0 Å². The lowest BCUT2D eigenvalue weighted by Crippen LogP contribution is -2.34. The molecule has 1 aromatic heterocycles. The molecule has 1 unspecified atom stereocenters. The number of aromatic amines is 1. The van der Waals surface area contributed by atoms with E-state index in [0.29, 0.717) is 5.69 Å². The van der Waals surface area contributed by atoms with Crippen LogP contribution in [-0.2, 0) is 0 Å². The normalized spacial score (nSPS) is 12.9. The minimum atomic E-state index is -0.512. The summed E-state index contributed by atoms with van der Waals surface area (Å²) in [6, 6.07) is 0. The number of aliphatic hydroxyl groups is 1. The Labute approximate surface area is 82.6 Å². The first-order valence-electron chi connectivity index (χ1n) is 4.56. The number of rotatable bonds is 4. The monoisotopic (exact) mass is 197 g/mol. The number of hydrogen-bond acceptors (Lipinski definition) is 3. The number of aliphatic hydroxyl groups excluding tert-OH is 1. The molecule has 0 aliphatic carbocycles. The maximum atomic E-state index is 11.3. The Kier molecular flexibility index (Phi) is 3.64. The second kappa shape index (κ2) is 4.76. The first-order valence-corrected chi connectivity index (χ1v) is 4.56. The van der Waals surface area contributed by atoms with E-state index >= 15 is 0 Å². The first kappa shape index (κ1) is 10.7. The van der Waals surface area contributed by atoms with E-state index < -0.39 is 6.10 Å². The number of aromatic nitrogens is 2. The summed E-state index contributed by atoms with van der Waals surface area (Å²) in [5.41, 5.74) is 0.404. The van der Waals surface area contributed by atoms with E-state index in [1.807, 2.05) is 13.8 Å². The van der Waals surface area contributed by atoms with Gasteiger partial charge in [-0.2, -0.15) is 0 Å². The average Bonchev–Trinajstić information content (AvgIpc) is 2.66. The van der Waals surface area contributed by atoms with Gasteiger partial charge in [-0.1, -0.05) is 13.8 Å². The van der Waals surface area contributed by atoms with Gasteiger partial charge in [0.15, 0.2) is 0 Å². The third-order valence-electron chi connectivity index (χ3n) is 1.98. The minimum absolute atomic E-state index is 0.136. The van der Waals surface area contributed by atoms with E-state index in [2.05, 4.69) is 15.3 Å². The molecule has 1 rings (SSSR count). The molecule has 0 spiro atoms. The van der Waals surface area contributed by atoms with Crippen molar-refractivity contribution in [2.75, 3.05) is 6.54 Å². The largest absolute Gasteiger partial charge is 0.391 e. The third kappa shape index (κ3) is 2.85. The van der Waals surface area contributed by atoms with Gasteiger partial charge in [0.2, 0.25) is 0 Å². The van der Waals surface area contributed by atoms with Crippen LogP contribution in [0.15, 0.2) is 12.5 Å². The Morgan fingerprint density at radius 1 is 1.71 bits per heavy atom. The fourth-order valence-electron chi connectivity index (χ4n) is 0.908. The van der Waals surface area contributed by atoms with Crippen molar-refractivity contribution in [2.45, 2.75) is 20.0 Å². The molecule has 14 heavy (non-hydrogen) atoms. The van der Waals surface area contributed by atoms with Crippen LogP contribution < -0.4 is 5.32 Å². The van der Waals surface area contributed by atoms with Gasteiger partial charge in [0.1, 0.15) is 5.69 Å². The molecule has 78 valence electrons. The molecule has 0 radical (unpaired) electrons. The molecule has 5 heteroatoms. The van der Waals surface area contributed by atoms with Crippen molar-refractivity contribution in [1.29, 1.82) is 0 Å². The molecular formula is C9H15N3O2. The Morgan fingerprint density at radius 2 is 2.43 bits per heavy atom. The topological polar surface area (TPSA) is 78.0 Å². The standard InChI is InChI=1S/C9H15N3O2/c1-6(2)8(13)4-11-9(14)7-3-10-5-12-7/h3,5-6,8,13H,4H2,1-2H3,(H,10,12)(H,11,14). The van der Waals surface area contributed by atoms with Crippen LogP contribution in [0.5, 0.6) is 0 Å². The van der Waals surface area contributed by atoms with Crippen LogP contribution in [0.3, 0.4) is 0 Å². The predicted octanol–water partition coefficient (Wildman–Crippen LogP) is 0.156. The third-order valence-corrected chi connectivity index (χ3v) is 1.98. The van der Waals surface area contributed by atoms with Crippen LogP contribution in [0.2, 0.25) is 0 Å². The van der Waals surface area contributed by atoms with Gasteiger partial charge in [0.05, 0.1) is 18.6 Å². The number of hydrogen-bond donors (Lipinski definition) is 3. The summed E-state index contributed by atoms with van der Waals surface area (Å²) in [6.45, 7) is 4.05. The van der Waals surface area contributed by atoms with Crippen LogP contribution in [0.4, 0.5) is 0 Å². The van der Waals surface area contributed by atoms with Crippen LogP contribution in [-0.4, -0.2) is 33.6 Å². The van der Waals surface area contributed by atoms with Gasteiger partial charge in [0, 0.05) is 6.54 Å². The SMILES string of the molecule is CC(C)C(O)CNC(=O)c1cnc[nH]1. The van der Waals surface area contributed by atoms with Crippen molar-refractivity contribution in [3.05, 3.63) is 18.2 Å². The molecule has 5 nitrogen and oxygen atoms in total. The minimum Gasteiger partial charge on any atom is -0.391 e. The van der Waals surface area contributed by atoms with Crippen molar-refractivity contribution in [2.24, 2.45) is 5.92 Å². The Balaban J connectivity index is 2.36. The van der Waals surface area contributed by atoms with Gasteiger partial charge in [-0.05, 0) is 5.92 Å². The molecule has 0 aliphatic heterocycles. The number of H-pyrrole nitrogens is 1. The van der Waals surface area contributed by atoms with Crippen LogP contribution in [0.1, 0.15) is 24.3 Å². The molecular weight excluding hydrogens is 182 g/mol. The molecule has 1 amide bonds. The summed E-state index contributed by atoms with van der Waals surface area (Å²) in [4.78, 5) is 17.8. The first-order chi connectivity index (χ1) is 6.61. The summed E-state index contributed by atoms with van der Waals surface area (Å²) >= 11 is 0. The molecule has 0 bridgehead atoms. The molecule has 0 aromatic carbocycles. The Morgan fingerprint density at radius 3 is 2.93 bits per heavy atom. The van der Waals surface area contributed by atoms with Gasteiger partial charge >= 0.3 is 0 Å². The fourth-order valence-corrected chi connectivity index (χ4v) is 0.908. The van der Waals surface area contributed by atoms with Crippen molar-refractivity contribution < 1.29 is 9.90 Å². The zero-order valence-electron chi connectivity index (χ0n) is 8.32. The van der Waals surface area contributed by atoms with Crippen LogP contribution in [0, 0.1) is 5.92 Å². The van der Waals surface area contributed by atoms with Crippen LogP contribution >= 0.6 is 0 Å². The van der Waals surface area contributed by atoms with Gasteiger partial charge < -0.3 is 15.4 Å². The molecule has 3 N–H and O–H groups in total. The zero-order chi connectivity index (χ0) is 10.6. The quantitative estimate of drug-likeness (QED) is 0.643. The zero-order valence-corrected chi connectivity index (χ0v) is 8.32. The lowest BCUT2D eigenvalue weighted by molar-refractivity contribution is 0.0867. The van der Waals surface area contributed by atoms with Crippen molar-refractivity contribution in [3.8, 4) is 0 Å². The highest BCUT2D eigenvalue weighted by molar-refractivity contribution is 5.91. The van der Waals surface area contributed by atoms with Gasteiger partial charge in [-0.3, -0.25) is 4.79 Å². The van der Waals surface area contributed by atoms with E-state index in [4.69, 9.17) is 0 Å². The van der Waals surface area contributed by atoms with E-state index in [1.165, 1.54) is 12.5 Å². The molecule has 0 saturated heterocycles. The highest BCUT2D eigenvalue weighted by Crippen LogP contribution is 1.99. The lowest BCUT2D eigenvalue weighted by atomic mass is 10.1. The molecule has 0 fully saturated rings. The summed E-state index contributed by atoms with van der Waals surface area (Å²) in [7, 11) is 0. The van der Waals surface area contributed by atoms with E-state index in [-0.39, 0.29) is 18.4 Å². The van der Waals surface area contributed by atoms with Crippen molar-refractivity contribution >= 4 is 5.91 Å². The van der Waals surface area contributed by atoms with E-state index in [9.17, 15) is 9.90 Å². The van der Waals surface area contributed by atoms with Crippen molar-refractivity contribution in [1.82, 2.24) is 15.3 Å². The van der Waals surface area contributed by atoms with Gasteiger partial charge in [0.25, 0.3) is 5.91 Å². The maximum absolute atomic E-state index is 11.3. The Hall–Kier alpha value is -1.36.